The Labute approximate surface area is 107 Å². The van der Waals surface area contributed by atoms with Crippen LogP contribution in [0.3, 0.4) is 0 Å². The second kappa shape index (κ2) is 5.60. The molecule has 0 aliphatic rings. The summed E-state index contributed by atoms with van der Waals surface area (Å²) in [7, 11) is 0. The highest BCUT2D eigenvalue weighted by Crippen LogP contribution is 2.16. The van der Waals surface area contributed by atoms with Gasteiger partial charge in [-0.1, -0.05) is 0 Å². The highest BCUT2D eigenvalue weighted by Gasteiger charge is 2.07. The highest BCUT2D eigenvalue weighted by molar-refractivity contribution is 5.27. The van der Waals surface area contributed by atoms with Crippen LogP contribution >= 0.6 is 0 Å². The van der Waals surface area contributed by atoms with Crippen molar-refractivity contribution in [1.82, 2.24) is 15.3 Å². The number of pyridine rings is 2. The molecule has 0 saturated carbocycles. The van der Waals surface area contributed by atoms with Gasteiger partial charge in [0.2, 0.25) is 0 Å². The molecule has 0 fully saturated rings. The van der Waals surface area contributed by atoms with E-state index in [9.17, 15) is 5.11 Å². The summed E-state index contributed by atoms with van der Waals surface area (Å²) in [6.45, 7) is 4.52. The molecule has 0 aliphatic heterocycles. The SMILES string of the molecule is Cc1ccc(O)c(CNC(C)c2ccncc2)n1. The van der Waals surface area contributed by atoms with E-state index in [0.29, 0.717) is 12.2 Å². The van der Waals surface area contributed by atoms with Crippen LogP contribution < -0.4 is 5.32 Å². The predicted octanol–water partition coefficient (Wildman–Crippen LogP) is 2.34. The van der Waals surface area contributed by atoms with Crippen molar-refractivity contribution in [3.8, 4) is 5.75 Å². The molecule has 2 heterocycles. The molecule has 2 N–H and O–H groups in total. The summed E-state index contributed by atoms with van der Waals surface area (Å²) in [5.74, 6) is 0.232. The number of aryl methyl sites for hydroxylation is 1. The fourth-order valence-corrected chi connectivity index (χ4v) is 1.75. The van der Waals surface area contributed by atoms with Crippen LogP contribution in [-0.4, -0.2) is 15.1 Å². The van der Waals surface area contributed by atoms with Gasteiger partial charge < -0.3 is 10.4 Å². The molecule has 4 heteroatoms. The number of hydrogen-bond acceptors (Lipinski definition) is 4. The van der Waals surface area contributed by atoms with E-state index >= 15 is 0 Å². The molecular formula is C14H17N3O. The average molecular weight is 243 g/mol. The molecule has 94 valence electrons. The van der Waals surface area contributed by atoms with Crippen molar-refractivity contribution in [2.24, 2.45) is 0 Å². The van der Waals surface area contributed by atoms with Gasteiger partial charge >= 0.3 is 0 Å². The second-order valence-electron chi connectivity index (χ2n) is 4.30. The van der Waals surface area contributed by atoms with E-state index in [1.165, 1.54) is 0 Å². The molecular weight excluding hydrogens is 226 g/mol. The molecule has 0 aliphatic carbocycles. The van der Waals surface area contributed by atoms with Gasteiger partial charge in [0, 0.05) is 30.7 Å². The second-order valence-corrected chi connectivity index (χ2v) is 4.30. The summed E-state index contributed by atoms with van der Waals surface area (Å²) >= 11 is 0. The van der Waals surface area contributed by atoms with Crippen molar-refractivity contribution in [2.45, 2.75) is 26.4 Å². The molecule has 1 unspecified atom stereocenters. The number of aromatic hydroxyl groups is 1. The molecule has 0 spiro atoms. The van der Waals surface area contributed by atoms with E-state index in [1.807, 2.05) is 19.1 Å². The average Bonchev–Trinajstić information content (AvgIpc) is 2.40. The van der Waals surface area contributed by atoms with Gasteiger partial charge in [0.15, 0.2) is 0 Å². The van der Waals surface area contributed by atoms with E-state index in [2.05, 4.69) is 22.2 Å². The van der Waals surface area contributed by atoms with Gasteiger partial charge in [-0.25, -0.2) is 0 Å². The lowest BCUT2D eigenvalue weighted by Crippen LogP contribution is -2.19. The van der Waals surface area contributed by atoms with E-state index in [1.54, 1.807) is 24.5 Å². The molecule has 4 nitrogen and oxygen atoms in total. The van der Waals surface area contributed by atoms with Crippen LogP contribution in [0.2, 0.25) is 0 Å². The van der Waals surface area contributed by atoms with Crippen molar-refractivity contribution < 1.29 is 5.11 Å². The van der Waals surface area contributed by atoms with Crippen LogP contribution in [0.4, 0.5) is 0 Å². The minimum absolute atomic E-state index is 0.190. The van der Waals surface area contributed by atoms with Gasteiger partial charge in [-0.3, -0.25) is 9.97 Å². The standard InChI is InChI=1S/C14H17N3O/c1-10-3-4-14(18)13(17-10)9-16-11(2)12-5-7-15-8-6-12/h3-8,11,16,18H,9H2,1-2H3. The highest BCUT2D eigenvalue weighted by atomic mass is 16.3. The molecule has 0 radical (unpaired) electrons. The maximum atomic E-state index is 9.71. The van der Waals surface area contributed by atoms with Crippen LogP contribution in [-0.2, 0) is 6.54 Å². The van der Waals surface area contributed by atoms with Crippen molar-refractivity contribution in [2.75, 3.05) is 0 Å². The Hall–Kier alpha value is -1.94. The normalized spacial score (nSPS) is 12.3. The van der Waals surface area contributed by atoms with Gasteiger partial charge in [-0.2, -0.15) is 0 Å². The van der Waals surface area contributed by atoms with Crippen LogP contribution in [0, 0.1) is 6.92 Å². The maximum absolute atomic E-state index is 9.71. The Balaban J connectivity index is 2.01. The third-order valence-electron chi connectivity index (χ3n) is 2.87. The number of rotatable bonds is 4. The third kappa shape index (κ3) is 3.05. The lowest BCUT2D eigenvalue weighted by atomic mass is 10.1. The third-order valence-corrected chi connectivity index (χ3v) is 2.87. The van der Waals surface area contributed by atoms with Gasteiger partial charge in [-0.05, 0) is 43.7 Å². The molecule has 0 amide bonds. The fourth-order valence-electron chi connectivity index (χ4n) is 1.75. The fraction of sp³-hybridized carbons (Fsp3) is 0.286. The Morgan fingerprint density at radius 1 is 1.22 bits per heavy atom. The monoisotopic (exact) mass is 243 g/mol. The van der Waals surface area contributed by atoms with Gasteiger partial charge in [0.25, 0.3) is 0 Å². The molecule has 2 rings (SSSR count). The number of nitrogens with zero attached hydrogens (tertiary/aromatic N) is 2. The van der Waals surface area contributed by atoms with E-state index < -0.39 is 0 Å². The lowest BCUT2D eigenvalue weighted by molar-refractivity contribution is 0.454. The van der Waals surface area contributed by atoms with E-state index in [-0.39, 0.29) is 11.8 Å². The minimum atomic E-state index is 0.190. The zero-order valence-electron chi connectivity index (χ0n) is 10.6. The van der Waals surface area contributed by atoms with Gasteiger partial charge in [0.1, 0.15) is 5.75 Å². The van der Waals surface area contributed by atoms with Crippen molar-refractivity contribution in [3.63, 3.8) is 0 Å². The maximum Gasteiger partial charge on any atom is 0.138 e. The Bertz CT molecular complexity index is 514. The molecule has 0 bridgehead atoms. The zero-order valence-corrected chi connectivity index (χ0v) is 10.6. The zero-order chi connectivity index (χ0) is 13.0. The Kier molecular flexibility index (Phi) is 3.89. The number of aromatic nitrogens is 2. The summed E-state index contributed by atoms with van der Waals surface area (Å²) in [5, 5.41) is 13.0. The van der Waals surface area contributed by atoms with Crippen LogP contribution in [0.5, 0.6) is 5.75 Å². The first-order valence-corrected chi connectivity index (χ1v) is 5.95. The van der Waals surface area contributed by atoms with Crippen LogP contribution in [0.15, 0.2) is 36.7 Å². The van der Waals surface area contributed by atoms with Crippen molar-refractivity contribution in [3.05, 3.63) is 53.6 Å². The Morgan fingerprint density at radius 3 is 2.67 bits per heavy atom. The first-order chi connectivity index (χ1) is 8.66. The Morgan fingerprint density at radius 2 is 1.94 bits per heavy atom. The number of nitrogens with one attached hydrogen (secondary N) is 1. The predicted molar refractivity (Wildman–Crippen MR) is 70.1 cm³/mol. The van der Waals surface area contributed by atoms with Crippen LogP contribution in [0.1, 0.15) is 29.9 Å². The smallest absolute Gasteiger partial charge is 0.138 e. The summed E-state index contributed by atoms with van der Waals surface area (Å²) in [4.78, 5) is 8.31. The van der Waals surface area contributed by atoms with Crippen LogP contribution in [0.25, 0.3) is 0 Å². The van der Waals surface area contributed by atoms with Gasteiger partial charge in [-0.15, -0.1) is 0 Å². The first kappa shape index (κ1) is 12.5. The summed E-state index contributed by atoms with van der Waals surface area (Å²) in [6.07, 6.45) is 3.55. The lowest BCUT2D eigenvalue weighted by Gasteiger charge is -2.14. The minimum Gasteiger partial charge on any atom is -0.506 e. The molecule has 0 saturated heterocycles. The molecule has 1 atom stereocenters. The summed E-state index contributed by atoms with van der Waals surface area (Å²) in [6, 6.07) is 7.61. The molecule has 18 heavy (non-hydrogen) atoms. The summed E-state index contributed by atoms with van der Waals surface area (Å²) in [5.41, 5.74) is 2.74. The molecule has 2 aromatic heterocycles. The van der Waals surface area contributed by atoms with Crippen molar-refractivity contribution >= 4 is 0 Å². The topological polar surface area (TPSA) is 58.0 Å². The van der Waals surface area contributed by atoms with E-state index in [0.717, 1.165) is 11.3 Å². The summed E-state index contributed by atoms with van der Waals surface area (Å²) < 4.78 is 0. The quantitative estimate of drug-likeness (QED) is 0.865. The van der Waals surface area contributed by atoms with Gasteiger partial charge in [0.05, 0.1) is 5.69 Å². The first-order valence-electron chi connectivity index (χ1n) is 5.95. The molecule has 0 aromatic carbocycles. The number of hydrogen-bond donors (Lipinski definition) is 2. The van der Waals surface area contributed by atoms with E-state index in [4.69, 9.17) is 0 Å². The molecule has 2 aromatic rings. The van der Waals surface area contributed by atoms with Crippen molar-refractivity contribution in [1.29, 1.82) is 0 Å². The largest absolute Gasteiger partial charge is 0.506 e.